The fraction of sp³-hybridized carbons (Fsp3) is 0.125. The Labute approximate surface area is 75.0 Å². The highest BCUT2D eigenvalue weighted by atomic mass is 35.5. The van der Waals surface area contributed by atoms with E-state index in [0.29, 0.717) is 5.75 Å². The van der Waals surface area contributed by atoms with Crippen LogP contribution < -0.4 is 10.7 Å². The highest BCUT2D eigenvalue weighted by Gasteiger charge is 1.99. The van der Waals surface area contributed by atoms with Crippen molar-refractivity contribution in [1.29, 1.82) is 0 Å². The highest BCUT2D eigenvalue weighted by molar-refractivity contribution is 6.63. The topological polar surface area (TPSA) is 52.3 Å². The number of hydrogen-bond acceptors (Lipinski definition) is 3. The lowest BCUT2D eigenvalue weighted by atomic mass is 10.2. The van der Waals surface area contributed by atoms with Gasteiger partial charge in [0.15, 0.2) is 0 Å². The van der Waals surface area contributed by atoms with Gasteiger partial charge in [-0.15, -0.1) is 0 Å². The monoisotopic (exact) mass is 185 g/mol. The third kappa shape index (κ3) is 2.53. The molecule has 0 unspecified atom stereocenters. The number of hydrogen-bond donors (Lipinski definition) is 1. The van der Waals surface area contributed by atoms with Crippen LogP contribution in [-0.4, -0.2) is 5.24 Å². The highest BCUT2D eigenvalue weighted by Crippen LogP contribution is 2.11. The summed E-state index contributed by atoms with van der Waals surface area (Å²) < 4.78 is 0. The van der Waals surface area contributed by atoms with Crippen molar-refractivity contribution in [2.75, 3.05) is 0 Å². The predicted molar refractivity (Wildman–Crippen MR) is 45.8 cm³/mol. The molecule has 4 heteroatoms. The number of carbonyl (C=O) groups excluding carboxylic acids is 1. The summed E-state index contributed by atoms with van der Waals surface area (Å²) in [4.78, 5) is 14.9. The first-order valence-corrected chi connectivity index (χ1v) is 3.74. The van der Waals surface area contributed by atoms with Crippen molar-refractivity contribution in [3.63, 3.8) is 0 Å². The van der Waals surface area contributed by atoms with Gasteiger partial charge < -0.3 is 4.84 Å². The van der Waals surface area contributed by atoms with Crippen LogP contribution in [0.4, 0.5) is 0 Å². The maximum Gasteiger partial charge on any atom is 0.226 e. The van der Waals surface area contributed by atoms with Gasteiger partial charge in [-0.3, -0.25) is 4.79 Å². The fourth-order valence-corrected chi connectivity index (χ4v) is 1.00. The largest absolute Gasteiger partial charge is 0.412 e. The van der Waals surface area contributed by atoms with Crippen LogP contribution in [0, 0.1) is 0 Å². The van der Waals surface area contributed by atoms with E-state index in [1.165, 1.54) is 0 Å². The molecule has 12 heavy (non-hydrogen) atoms. The van der Waals surface area contributed by atoms with Gasteiger partial charge in [0.25, 0.3) is 0 Å². The fourth-order valence-electron chi connectivity index (χ4n) is 0.846. The lowest BCUT2D eigenvalue weighted by Gasteiger charge is -1.99. The maximum atomic E-state index is 10.5. The van der Waals surface area contributed by atoms with Crippen molar-refractivity contribution in [2.45, 2.75) is 6.42 Å². The molecule has 0 saturated heterocycles. The third-order valence-corrected chi connectivity index (χ3v) is 1.54. The summed E-state index contributed by atoms with van der Waals surface area (Å²) in [5, 5.41) is -0.378. The second kappa shape index (κ2) is 4.09. The summed E-state index contributed by atoms with van der Waals surface area (Å²) in [6, 6.07) is 6.83. The van der Waals surface area contributed by atoms with E-state index in [1.54, 1.807) is 24.3 Å². The molecule has 1 aromatic carbocycles. The van der Waals surface area contributed by atoms with E-state index in [-0.39, 0.29) is 11.7 Å². The van der Waals surface area contributed by atoms with Gasteiger partial charge in [-0.25, -0.2) is 0 Å². The van der Waals surface area contributed by atoms with Crippen LogP contribution in [0.15, 0.2) is 24.3 Å². The van der Waals surface area contributed by atoms with E-state index < -0.39 is 0 Å². The van der Waals surface area contributed by atoms with Crippen molar-refractivity contribution < 1.29 is 9.63 Å². The smallest absolute Gasteiger partial charge is 0.226 e. The van der Waals surface area contributed by atoms with Crippen LogP contribution in [0.3, 0.4) is 0 Å². The van der Waals surface area contributed by atoms with Crippen LogP contribution in [0.5, 0.6) is 5.75 Å². The van der Waals surface area contributed by atoms with Crippen molar-refractivity contribution in [2.24, 2.45) is 5.90 Å². The van der Waals surface area contributed by atoms with E-state index in [0.717, 1.165) is 5.56 Å². The molecule has 0 heterocycles. The van der Waals surface area contributed by atoms with E-state index in [4.69, 9.17) is 17.5 Å². The number of benzene rings is 1. The molecule has 1 aromatic rings. The quantitative estimate of drug-likeness (QED) is 0.570. The van der Waals surface area contributed by atoms with Gasteiger partial charge in [0.05, 0.1) is 0 Å². The molecule has 1 rings (SSSR count). The molecule has 0 saturated carbocycles. The molecule has 0 atom stereocenters. The predicted octanol–water partition coefficient (Wildman–Crippen LogP) is 1.25. The lowest BCUT2D eigenvalue weighted by molar-refractivity contribution is -0.111. The molecular weight excluding hydrogens is 178 g/mol. The number of halogens is 1. The summed E-state index contributed by atoms with van der Waals surface area (Å²) in [6.45, 7) is 0. The van der Waals surface area contributed by atoms with Crippen LogP contribution in [0.2, 0.25) is 0 Å². The standard InChI is InChI=1S/C8H8ClNO2/c9-8(11)5-6-1-3-7(12-10)4-2-6/h1-4H,5,10H2. The number of nitrogens with two attached hydrogens (primary N) is 1. The number of carbonyl (C=O) groups is 1. The Hall–Kier alpha value is -1.06. The first kappa shape index (κ1) is 9.03. The minimum Gasteiger partial charge on any atom is -0.412 e. The van der Waals surface area contributed by atoms with Crippen LogP contribution in [0.25, 0.3) is 0 Å². The zero-order chi connectivity index (χ0) is 8.97. The Morgan fingerprint density at radius 3 is 2.42 bits per heavy atom. The molecule has 0 aliphatic heterocycles. The molecule has 0 spiro atoms. The molecule has 64 valence electrons. The minimum atomic E-state index is -0.378. The summed E-state index contributed by atoms with van der Waals surface area (Å²) >= 11 is 5.19. The van der Waals surface area contributed by atoms with E-state index in [1.807, 2.05) is 0 Å². The molecule has 3 nitrogen and oxygen atoms in total. The average molecular weight is 186 g/mol. The van der Waals surface area contributed by atoms with Crippen molar-refractivity contribution in [1.82, 2.24) is 0 Å². The molecule has 0 amide bonds. The zero-order valence-corrected chi connectivity index (χ0v) is 7.04. The lowest BCUT2D eigenvalue weighted by Crippen LogP contribution is -2.01. The third-order valence-electron chi connectivity index (χ3n) is 1.40. The first-order valence-electron chi connectivity index (χ1n) is 3.36. The van der Waals surface area contributed by atoms with Crippen molar-refractivity contribution in [3.8, 4) is 5.75 Å². The molecule has 2 N–H and O–H groups in total. The van der Waals surface area contributed by atoms with Gasteiger partial charge in [0.2, 0.25) is 5.24 Å². The summed E-state index contributed by atoms with van der Waals surface area (Å²) in [5.74, 6) is 5.46. The molecule has 0 aliphatic carbocycles. The molecule has 0 aromatic heterocycles. The van der Waals surface area contributed by atoms with Crippen LogP contribution in [-0.2, 0) is 11.2 Å². The molecule has 0 aliphatic rings. The van der Waals surface area contributed by atoms with E-state index in [2.05, 4.69) is 4.84 Å². The van der Waals surface area contributed by atoms with Crippen LogP contribution >= 0.6 is 11.6 Å². The van der Waals surface area contributed by atoms with Gasteiger partial charge >= 0.3 is 0 Å². The average Bonchev–Trinajstić information content (AvgIpc) is 2.05. The normalized spacial score (nSPS) is 9.50. The van der Waals surface area contributed by atoms with Gasteiger partial charge in [0, 0.05) is 6.42 Å². The van der Waals surface area contributed by atoms with Gasteiger partial charge in [-0.2, -0.15) is 5.90 Å². The molecule has 0 radical (unpaired) electrons. The minimum absolute atomic E-state index is 0.229. The summed E-state index contributed by atoms with van der Waals surface area (Å²) in [7, 11) is 0. The van der Waals surface area contributed by atoms with Crippen LogP contribution in [0.1, 0.15) is 5.56 Å². The first-order chi connectivity index (χ1) is 5.72. The Balaban J connectivity index is 2.71. The van der Waals surface area contributed by atoms with Gasteiger partial charge in [-0.05, 0) is 29.3 Å². The Morgan fingerprint density at radius 2 is 2.00 bits per heavy atom. The second-order valence-electron chi connectivity index (χ2n) is 2.29. The number of rotatable bonds is 3. The van der Waals surface area contributed by atoms with Gasteiger partial charge in [0.1, 0.15) is 5.75 Å². The van der Waals surface area contributed by atoms with Crippen molar-refractivity contribution in [3.05, 3.63) is 29.8 Å². The van der Waals surface area contributed by atoms with Gasteiger partial charge in [-0.1, -0.05) is 12.1 Å². The zero-order valence-electron chi connectivity index (χ0n) is 6.29. The van der Waals surface area contributed by atoms with Crippen molar-refractivity contribution >= 4 is 16.8 Å². The Morgan fingerprint density at radius 1 is 1.42 bits per heavy atom. The van der Waals surface area contributed by atoms with E-state index in [9.17, 15) is 4.79 Å². The SMILES string of the molecule is NOc1ccc(CC(=O)Cl)cc1. The maximum absolute atomic E-state index is 10.5. The second-order valence-corrected chi connectivity index (χ2v) is 2.72. The Bertz CT molecular complexity index is 271. The Kier molecular flexibility index (Phi) is 3.08. The molecular formula is C8H8ClNO2. The molecule has 0 bridgehead atoms. The summed E-state index contributed by atoms with van der Waals surface area (Å²) in [6.07, 6.45) is 0.229. The van der Waals surface area contributed by atoms with E-state index >= 15 is 0 Å². The summed E-state index contributed by atoms with van der Waals surface area (Å²) in [5.41, 5.74) is 0.843. The molecule has 0 fully saturated rings.